The Hall–Kier alpha value is -1.63. The lowest BCUT2D eigenvalue weighted by atomic mass is 10.1. The molecule has 1 fully saturated rings. The summed E-state index contributed by atoms with van der Waals surface area (Å²) in [5, 5.41) is 3.33. The number of likely N-dealkylation sites (tertiary alicyclic amines) is 1. The van der Waals surface area contributed by atoms with E-state index in [1.807, 2.05) is 0 Å². The van der Waals surface area contributed by atoms with Crippen LogP contribution < -0.4 is 5.32 Å². The molecular weight excluding hydrogens is 365 g/mol. The minimum Gasteiger partial charge on any atom is -0.352 e. The van der Waals surface area contributed by atoms with Crippen LogP contribution in [-0.4, -0.2) is 59.7 Å². The molecule has 134 valence electrons. The molecule has 1 saturated heterocycles. The largest absolute Gasteiger partial charge is 0.352 e. The van der Waals surface area contributed by atoms with E-state index >= 15 is 0 Å². The number of hydrogen-bond donors (Lipinski definition) is 1. The molecule has 6 nitrogen and oxygen atoms in total. The van der Waals surface area contributed by atoms with Crippen molar-refractivity contribution in [3.63, 3.8) is 0 Å². The Morgan fingerprint density at radius 3 is 2.12 bits per heavy atom. The van der Waals surface area contributed by atoms with Crippen molar-refractivity contribution >= 4 is 40.9 Å². The van der Waals surface area contributed by atoms with Gasteiger partial charge in [-0.2, -0.15) is 0 Å². The smallest absolute Gasteiger partial charge is 0.262 e. The van der Waals surface area contributed by atoms with Gasteiger partial charge in [0.2, 0.25) is 5.91 Å². The van der Waals surface area contributed by atoms with Gasteiger partial charge in [-0.05, 0) is 31.5 Å². The summed E-state index contributed by atoms with van der Waals surface area (Å²) in [6, 6.07) is 2.82. The summed E-state index contributed by atoms with van der Waals surface area (Å²) in [7, 11) is 0. The van der Waals surface area contributed by atoms with Gasteiger partial charge in [0.15, 0.2) is 0 Å². The summed E-state index contributed by atoms with van der Waals surface area (Å²) in [6.45, 7) is 4.69. The first-order valence-corrected chi connectivity index (χ1v) is 9.03. The Bertz CT molecular complexity index is 689. The van der Waals surface area contributed by atoms with Crippen molar-refractivity contribution in [1.82, 2.24) is 15.1 Å². The van der Waals surface area contributed by atoms with Gasteiger partial charge in [-0.25, -0.2) is 0 Å². The number of rotatable bonds is 4. The van der Waals surface area contributed by atoms with Gasteiger partial charge >= 0.3 is 0 Å². The number of halogens is 2. The molecule has 0 atom stereocenters. The lowest BCUT2D eigenvalue weighted by molar-refractivity contribution is -0.122. The number of hydrogen-bond acceptors (Lipinski definition) is 4. The fraction of sp³-hybridized carbons (Fsp3) is 0.471. The molecular formula is C17H19Cl2N3O3. The maximum Gasteiger partial charge on any atom is 0.262 e. The van der Waals surface area contributed by atoms with E-state index in [1.165, 1.54) is 12.1 Å². The van der Waals surface area contributed by atoms with Crippen LogP contribution in [-0.2, 0) is 4.79 Å². The molecule has 0 aromatic heterocycles. The molecule has 2 aliphatic rings. The number of carbonyl (C=O) groups is 3. The molecule has 0 saturated carbocycles. The van der Waals surface area contributed by atoms with Crippen molar-refractivity contribution in [1.29, 1.82) is 0 Å². The second-order valence-corrected chi connectivity index (χ2v) is 7.10. The van der Waals surface area contributed by atoms with Crippen LogP contribution in [0.4, 0.5) is 0 Å². The van der Waals surface area contributed by atoms with Crippen molar-refractivity contribution in [2.45, 2.75) is 25.8 Å². The molecule has 25 heavy (non-hydrogen) atoms. The Morgan fingerprint density at radius 2 is 1.64 bits per heavy atom. The lowest BCUT2D eigenvalue weighted by Gasteiger charge is -2.31. The van der Waals surface area contributed by atoms with Crippen LogP contribution in [0.3, 0.4) is 0 Å². The number of benzene rings is 1. The zero-order chi connectivity index (χ0) is 18.1. The van der Waals surface area contributed by atoms with Crippen molar-refractivity contribution in [3.8, 4) is 0 Å². The zero-order valence-corrected chi connectivity index (χ0v) is 15.4. The summed E-state index contributed by atoms with van der Waals surface area (Å²) < 4.78 is 0. The maximum absolute atomic E-state index is 12.4. The molecule has 3 rings (SSSR count). The van der Waals surface area contributed by atoms with E-state index in [0.717, 1.165) is 37.4 Å². The second kappa shape index (κ2) is 7.32. The number of carbonyl (C=O) groups excluding carboxylic acids is 3. The summed E-state index contributed by atoms with van der Waals surface area (Å²) >= 11 is 11.8. The van der Waals surface area contributed by atoms with Gasteiger partial charge in [-0.1, -0.05) is 30.1 Å². The highest BCUT2D eigenvalue weighted by Gasteiger charge is 2.37. The Labute approximate surface area is 156 Å². The van der Waals surface area contributed by atoms with E-state index in [2.05, 4.69) is 17.1 Å². The lowest BCUT2D eigenvalue weighted by Crippen LogP contribution is -2.48. The van der Waals surface area contributed by atoms with Crippen LogP contribution in [0, 0.1) is 0 Å². The van der Waals surface area contributed by atoms with Gasteiger partial charge < -0.3 is 10.2 Å². The normalized spacial score (nSPS) is 18.6. The molecule has 1 aromatic rings. The van der Waals surface area contributed by atoms with Gasteiger partial charge in [-0.15, -0.1) is 0 Å². The summed E-state index contributed by atoms with van der Waals surface area (Å²) in [4.78, 5) is 40.3. The molecule has 0 bridgehead atoms. The van der Waals surface area contributed by atoms with Gasteiger partial charge in [-0.3, -0.25) is 19.3 Å². The van der Waals surface area contributed by atoms with Crippen LogP contribution in [0.25, 0.3) is 0 Å². The van der Waals surface area contributed by atoms with E-state index in [4.69, 9.17) is 23.2 Å². The third-order valence-corrected chi connectivity index (χ3v) is 5.44. The number of amides is 3. The number of imide groups is 1. The molecule has 8 heteroatoms. The zero-order valence-electron chi connectivity index (χ0n) is 13.8. The van der Waals surface area contributed by atoms with Crippen molar-refractivity contribution < 1.29 is 14.4 Å². The van der Waals surface area contributed by atoms with Crippen molar-refractivity contribution in [2.75, 3.05) is 26.2 Å². The van der Waals surface area contributed by atoms with E-state index in [1.54, 1.807) is 0 Å². The Morgan fingerprint density at radius 1 is 1.12 bits per heavy atom. The average molecular weight is 384 g/mol. The highest BCUT2D eigenvalue weighted by atomic mass is 35.5. The molecule has 3 amide bonds. The highest BCUT2D eigenvalue weighted by Crippen LogP contribution is 2.31. The predicted molar refractivity (Wildman–Crippen MR) is 95.1 cm³/mol. The topological polar surface area (TPSA) is 69.7 Å². The molecule has 1 N–H and O–H groups in total. The number of nitrogens with zero attached hydrogens (tertiary/aromatic N) is 2. The minimum absolute atomic E-state index is 0.0781. The standard InChI is InChI=1S/C17H19Cl2N3O3/c1-2-21-5-3-10(4-6-21)20-15(23)9-22-16(24)11-7-13(18)14(19)8-12(11)17(22)25/h7-8,10H,2-6,9H2,1H3,(H,20,23). The van der Waals surface area contributed by atoms with Gasteiger partial charge in [0.1, 0.15) is 6.54 Å². The molecule has 0 radical (unpaired) electrons. The third kappa shape index (κ3) is 3.66. The van der Waals surface area contributed by atoms with Crippen molar-refractivity contribution in [2.24, 2.45) is 0 Å². The number of piperidine rings is 1. The quantitative estimate of drug-likeness (QED) is 0.809. The summed E-state index contributed by atoms with van der Waals surface area (Å²) in [5.41, 5.74) is 0.368. The second-order valence-electron chi connectivity index (χ2n) is 6.28. The van der Waals surface area contributed by atoms with E-state index in [-0.39, 0.29) is 39.7 Å². The number of nitrogens with one attached hydrogen (secondary N) is 1. The van der Waals surface area contributed by atoms with E-state index in [9.17, 15) is 14.4 Å². The molecule has 2 aliphatic heterocycles. The highest BCUT2D eigenvalue weighted by molar-refractivity contribution is 6.43. The first-order chi connectivity index (χ1) is 11.9. The fourth-order valence-electron chi connectivity index (χ4n) is 3.24. The average Bonchev–Trinajstić information content (AvgIpc) is 2.81. The Balaban J connectivity index is 1.63. The van der Waals surface area contributed by atoms with Crippen LogP contribution in [0.2, 0.25) is 10.0 Å². The molecule has 2 heterocycles. The van der Waals surface area contributed by atoms with Gasteiger partial charge in [0, 0.05) is 19.1 Å². The van der Waals surface area contributed by atoms with Gasteiger partial charge in [0.05, 0.1) is 21.2 Å². The van der Waals surface area contributed by atoms with E-state index < -0.39 is 11.8 Å². The van der Waals surface area contributed by atoms with Crippen molar-refractivity contribution in [3.05, 3.63) is 33.3 Å². The van der Waals surface area contributed by atoms with Crippen LogP contribution in [0.5, 0.6) is 0 Å². The van der Waals surface area contributed by atoms with Crippen LogP contribution in [0.15, 0.2) is 12.1 Å². The monoisotopic (exact) mass is 383 g/mol. The predicted octanol–water partition coefficient (Wildman–Crippen LogP) is 2.19. The minimum atomic E-state index is -0.519. The summed E-state index contributed by atoms with van der Waals surface area (Å²) in [6.07, 6.45) is 1.74. The molecule has 0 spiro atoms. The molecule has 0 unspecified atom stereocenters. The Kier molecular flexibility index (Phi) is 5.32. The summed E-state index contributed by atoms with van der Waals surface area (Å²) in [5.74, 6) is -1.37. The van der Waals surface area contributed by atoms with E-state index in [0.29, 0.717) is 0 Å². The first kappa shape index (κ1) is 18.2. The first-order valence-electron chi connectivity index (χ1n) is 8.27. The fourth-order valence-corrected chi connectivity index (χ4v) is 3.57. The molecule has 1 aromatic carbocycles. The third-order valence-electron chi connectivity index (χ3n) is 4.71. The van der Waals surface area contributed by atoms with Gasteiger partial charge in [0.25, 0.3) is 11.8 Å². The number of fused-ring (bicyclic) bond motifs is 1. The maximum atomic E-state index is 12.4. The molecule has 0 aliphatic carbocycles. The van der Waals surface area contributed by atoms with Crippen LogP contribution in [0.1, 0.15) is 40.5 Å². The SMILES string of the molecule is CCN1CCC(NC(=O)CN2C(=O)c3cc(Cl)c(Cl)cc3C2=O)CC1. The van der Waals surface area contributed by atoms with Crippen LogP contribution >= 0.6 is 23.2 Å².